The largest absolute Gasteiger partial charge is 0.326 e. The number of hydrogen-bond donors (Lipinski definition) is 2. The number of imidazole rings is 1. The number of anilines is 3. The molecule has 0 saturated carbocycles. The Bertz CT molecular complexity index is 1600. The number of carbonyl (C=O) groups is 1. The zero-order valence-electron chi connectivity index (χ0n) is 22.7. The van der Waals surface area contributed by atoms with Gasteiger partial charge in [-0.15, -0.1) is 0 Å². The van der Waals surface area contributed by atoms with E-state index in [-0.39, 0.29) is 41.1 Å². The Labute approximate surface area is 230 Å². The molecule has 1 amide bonds. The number of rotatable bonds is 3. The molecule has 1 atom stereocenters. The average Bonchev–Trinajstić information content (AvgIpc) is 3.27. The van der Waals surface area contributed by atoms with E-state index in [2.05, 4.69) is 47.3 Å². The number of nitrogens with zero attached hydrogens (tertiary/aromatic N) is 7. The van der Waals surface area contributed by atoms with Crippen molar-refractivity contribution >= 4 is 34.4 Å². The number of piperazine rings is 1. The summed E-state index contributed by atoms with van der Waals surface area (Å²) >= 11 is 0. The molecule has 12 heteroatoms. The molecule has 1 aromatic carbocycles. The first-order valence-electron chi connectivity index (χ1n) is 13.5. The Morgan fingerprint density at radius 1 is 0.975 bits per heavy atom. The van der Waals surface area contributed by atoms with Gasteiger partial charge in [-0.25, -0.2) is 28.7 Å². The van der Waals surface area contributed by atoms with Crippen LogP contribution in [0.2, 0.25) is 0 Å². The molecule has 3 aromatic heterocycles. The highest BCUT2D eigenvalue weighted by Crippen LogP contribution is 2.32. The van der Waals surface area contributed by atoms with Gasteiger partial charge in [0.2, 0.25) is 11.9 Å². The second-order valence-electron chi connectivity index (χ2n) is 10.4. The number of benzene rings is 1. The van der Waals surface area contributed by atoms with Crippen LogP contribution in [0.1, 0.15) is 37.7 Å². The van der Waals surface area contributed by atoms with Gasteiger partial charge in [-0.1, -0.05) is 6.92 Å². The van der Waals surface area contributed by atoms with Crippen molar-refractivity contribution in [1.82, 2.24) is 34.3 Å². The maximum absolute atomic E-state index is 15.2. The fourth-order valence-corrected chi connectivity index (χ4v) is 5.57. The molecule has 1 fully saturated rings. The summed E-state index contributed by atoms with van der Waals surface area (Å²) in [5, 5.41) is 6.08. The molecule has 2 aliphatic rings. The van der Waals surface area contributed by atoms with E-state index in [0.717, 1.165) is 44.5 Å². The third-order valence-electron chi connectivity index (χ3n) is 7.67. The van der Waals surface area contributed by atoms with E-state index in [0.29, 0.717) is 29.4 Å². The van der Waals surface area contributed by atoms with E-state index in [1.807, 2.05) is 11.5 Å². The third-order valence-corrected chi connectivity index (χ3v) is 7.67. The van der Waals surface area contributed by atoms with Crippen LogP contribution in [-0.2, 0) is 11.3 Å². The lowest BCUT2D eigenvalue weighted by molar-refractivity contribution is -0.116. The van der Waals surface area contributed by atoms with Crippen LogP contribution in [0.5, 0.6) is 0 Å². The SMILES string of the molecule is CCN1CCN(Cc2cnc3cc2NC(=O)CC(C)n2c(C)nc4c(F)cc(cc42)-c2nc(ncc2F)N3)CC1. The van der Waals surface area contributed by atoms with Crippen LogP contribution in [0.3, 0.4) is 0 Å². The third kappa shape index (κ3) is 5.00. The number of carbonyl (C=O) groups excluding carboxylic acids is 1. The summed E-state index contributed by atoms with van der Waals surface area (Å²) in [4.78, 5) is 35.5. The van der Waals surface area contributed by atoms with Crippen molar-refractivity contribution in [1.29, 1.82) is 0 Å². The second-order valence-corrected chi connectivity index (χ2v) is 10.4. The van der Waals surface area contributed by atoms with E-state index in [4.69, 9.17) is 0 Å². The van der Waals surface area contributed by atoms with Gasteiger partial charge in [0, 0.05) is 68.6 Å². The minimum absolute atomic E-state index is 0.0523. The topological polar surface area (TPSA) is 104 Å². The van der Waals surface area contributed by atoms with Crippen molar-refractivity contribution in [2.45, 2.75) is 39.8 Å². The molecule has 4 aromatic rings. The van der Waals surface area contributed by atoms with Gasteiger partial charge < -0.3 is 20.1 Å². The van der Waals surface area contributed by atoms with Gasteiger partial charge in [-0.05, 0) is 32.5 Å². The number of nitrogens with one attached hydrogen (secondary N) is 2. The molecule has 0 radical (unpaired) electrons. The first kappa shape index (κ1) is 26.2. The number of pyridine rings is 1. The zero-order chi connectivity index (χ0) is 28.0. The lowest BCUT2D eigenvalue weighted by Gasteiger charge is -2.34. The van der Waals surface area contributed by atoms with Gasteiger partial charge in [0.1, 0.15) is 22.9 Å². The van der Waals surface area contributed by atoms with Gasteiger partial charge in [0.05, 0.1) is 17.4 Å². The van der Waals surface area contributed by atoms with Crippen molar-refractivity contribution in [3.05, 3.63) is 53.6 Å². The van der Waals surface area contributed by atoms with E-state index < -0.39 is 11.6 Å². The quantitative estimate of drug-likeness (QED) is 0.392. The number of halogens is 2. The molecule has 1 unspecified atom stereocenters. The smallest absolute Gasteiger partial charge is 0.229 e. The highest BCUT2D eigenvalue weighted by atomic mass is 19.1. The summed E-state index contributed by atoms with van der Waals surface area (Å²) in [6.45, 7) is 11.3. The lowest BCUT2D eigenvalue weighted by atomic mass is 10.1. The van der Waals surface area contributed by atoms with Gasteiger partial charge in [0.15, 0.2) is 11.6 Å². The molecule has 40 heavy (non-hydrogen) atoms. The highest BCUT2D eigenvalue weighted by molar-refractivity contribution is 5.92. The van der Waals surface area contributed by atoms with Gasteiger partial charge >= 0.3 is 0 Å². The van der Waals surface area contributed by atoms with Crippen molar-refractivity contribution < 1.29 is 13.6 Å². The molecule has 10 nitrogen and oxygen atoms in total. The zero-order valence-corrected chi connectivity index (χ0v) is 22.7. The molecule has 2 N–H and O–H groups in total. The molecule has 0 aliphatic carbocycles. The molecule has 1 saturated heterocycles. The van der Waals surface area contributed by atoms with Crippen LogP contribution in [0.4, 0.5) is 26.2 Å². The van der Waals surface area contributed by atoms with Crippen LogP contribution in [0, 0.1) is 18.6 Å². The van der Waals surface area contributed by atoms with Crippen LogP contribution >= 0.6 is 0 Å². The Kier molecular flexibility index (Phi) is 6.88. The molecule has 6 rings (SSSR count). The van der Waals surface area contributed by atoms with Crippen LogP contribution in [0.25, 0.3) is 22.3 Å². The van der Waals surface area contributed by atoms with Crippen molar-refractivity contribution in [3.8, 4) is 11.3 Å². The summed E-state index contributed by atoms with van der Waals surface area (Å²) in [6.07, 6.45) is 2.90. The first-order valence-corrected chi connectivity index (χ1v) is 13.5. The number of aromatic nitrogens is 5. The molecule has 2 aliphatic heterocycles. The fraction of sp³-hybridized carbons (Fsp3) is 0.393. The standard InChI is InChI=1S/C28H31F2N9O/c1-4-37-5-7-38(8-6-37)15-19-13-31-24-12-22(19)34-25(40)9-16(2)39-17(3)33-27-20(29)10-18(11-23(27)39)26-21(30)14-32-28(35-24)36-26/h10-14,16H,4-9,15H2,1-3H3,(H,34,40)(H,31,32,35,36). The highest BCUT2D eigenvalue weighted by Gasteiger charge is 2.23. The van der Waals surface area contributed by atoms with E-state index >= 15 is 4.39 Å². The van der Waals surface area contributed by atoms with Crippen molar-refractivity contribution in [2.24, 2.45) is 0 Å². The fourth-order valence-electron chi connectivity index (χ4n) is 5.57. The average molecular weight is 548 g/mol. The molecular formula is C28H31F2N9O. The first-order chi connectivity index (χ1) is 19.3. The monoisotopic (exact) mass is 547 g/mol. The summed E-state index contributed by atoms with van der Waals surface area (Å²) in [5.41, 5.74) is 2.33. The number of likely N-dealkylation sites (N-methyl/N-ethyl adjacent to an activating group) is 1. The molecule has 5 heterocycles. The van der Waals surface area contributed by atoms with Crippen LogP contribution in [0.15, 0.2) is 30.6 Å². The van der Waals surface area contributed by atoms with Crippen molar-refractivity contribution in [3.63, 3.8) is 0 Å². The van der Waals surface area contributed by atoms with E-state index in [1.54, 1.807) is 25.3 Å². The Morgan fingerprint density at radius 3 is 2.52 bits per heavy atom. The summed E-state index contributed by atoms with van der Waals surface area (Å²) in [7, 11) is 0. The number of fused-ring (bicyclic) bond motifs is 6. The Hall–Kier alpha value is -4.03. The summed E-state index contributed by atoms with van der Waals surface area (Å²) < 4.78 is 31.9. The number of aryl methyl sites for hydroxylation is 1. The predicted octanol–water partition coefficient (Wildman–Crippen LogP) is 4.26. The minimum Gasteiger partial charge on any atom is -0.326 e. The normalized spacial score (nSPS) is 18.3. The maximum Gasteiger partial charge on any atom is 0.229 e. The maximum atomic E-state index is 15.2. The summed E-state index contributed by atoms with van der Waals surface area (Å²) in [5.74, 6) is -0.438. The van der Waals surface area contributed by atoms with Crippen LogP contribution < -0.4 is 10.6 Å². The van der Waals surface area contributed by atoms with E-state index in [1.165, 1.54) is 6.07 Å². The van der Waals surface area contributed by atoms with Crippen molar-refractivity contribution in [2.75, 3.05) is 43.4 Å². The Morgan fingerprint density at radius 2 is 1.75 bits per heavy atom. The minimum atomic E-state index is -0.687. The predicted molar refractivity (Wildman–Crippen MR) is 148 cm³/mol. The summed E-state index contributed by atoms with van der Waals surface area (Å²) in [6, 6.07) is 4.26. The molecule has 208 valence electrons. The Balaban J connectivity index is 1.42. The molecular weight excluding hydrogens is 516 g/mol. The second kappa shape index (κ2) is 10.5. The lowest BCUT2D eigenvalue weighted by Crippen LogP contribution is -2.45. The van der Waals surface area contributed by atoms with Gasteiger partial charge in [-0.3, -0.25) is 9.69 Å². The number of amides is 1. The van der Waals surface area contributed by atoms with Crippen LogP contribution in [-0.4, -0.2) is 72.9 Å². The van der Waals surface area contributed by atoms with E-state index in [9.17, 15) is 9.18 Å². The van der Waals surface area contributed by atoms with Gasteiger partial charge in [-0.2, -0.15) is 0 Å². The molecule has 6 bridgehead atoms. The number of hydrogen-bond acceptors (Lipinski definition) is 8. The van der Waals surface area contributed by atoms with Gasteiger partial charge in [0.25, 0.3) is 0 Å². The molecule has 0 spiro atoms.